The van der Waals surface area contributed by atoms with E-state index in [1.807, 2.05) is 84.9 Å². The van der Waals surface area contributed by atoms with Crippen LogP contribution in [0.25, 0.3) is 95.3 Å². The predicted octanol–water partition coefficient (Wildman–Crippen LogP) is 11.4. The van der Waals surface area contributed by atoms with Gasteiger partial charge in [-0.05, 0) is 71.8 Å². The lowest BCUT2D eigenvalue weighted by atomic mass is 10.0. The molecule has 10 aromatic rings. The summed E-state index contributed by atoms with van der Waals surface area (Å²) in [4.78, 5) is 20.1. The summed E-state index contributed by atoms with van der Waals surface area (Å²) >= 11 is 0. The molecule has 10 rings (SSSR count). The number of hydrogen-bond donors (Lipinski definition) is 0. The maximum Gasteiger partial charge on any atom is 0.227 e. The van der Waals surface area contributed by atoms with Gasteiger partial charge in [0.05, 0.1) is 16.6 Å². The molecule has 0 spiro atoms. The van der Waals surface area contributed by atoms with Crippen LogP contribution >= 0.6 is 0 Å². The van der Waals surface area contributed by atoms with Crippen LogP contribution in [0, 0.1) is 0 Å². The highest BCUT2D eigenvalue weighted by molar-refractivity contribution is 6.10. The fraction of sp³-hybridized carbons (Fsp3) is 0. The first-order valence-electron chi connectivity index (χ1n) is 17.2. The highest BCUT2D eigenvalue weighted by atomic mass is 16.3. The summed E-state index contributed by atoms with van der Waals surface area (Å²) < 4.78 is 8.86. The molecule has 0 atom stereocenters. The van der Waals surface area contributed by atoms with Gasteiger partial charge in [-0.2, -0.15) is 0 Å². The molecule has 244 valence electrons. The Labute approximate surface area is 299 Å². The normalized spacial score (nSPS) is 11.5. The molecule has 0 amide bonds. The van der Waals surface area contributed by atoms with E-state index in [0.29, 0.717) is 28.9 Å². The molecule has 3 heterocycles. The SMILES string of the molecule is c1ccc(-c2cccc(-c3nc4cccc(-c5nc(-c6ccccc6)nc(-c6ccc7c(c6)c6ccccc6n7-c6ccccc6)n5)c4o3)c2)cc1. The van der Waals surface area contributed by atoms with Crippen molar-refractivity contribution in [3.63, 3.8) is 0 Å². The lowest BCUT2D eigenvalue weighted by Crippen LogP contribution is -2.00. The van der Waals surface area contributed by atoms with E-state index in [-0.39, 0.29) is 0 Å². The van der Waals surface area contributed by atoms with Crippen LogP contribution < -0.4 is 0 Å². The fourth-order valence-electron chi connectivity index (χ4n) is 7.02. The molecule has 0 fully saturated rings. The van der Waals surface area contributed by atoms with E-state index in [0.717, 1.165) is 66.4 Å². The van der Waals surface area contributed by atoms with Crippen LogP contribution in [0.5, 0.6) is 0 Å². The molecule has 0 aliphatic rings. The van der Waals surface area contributed by atoms with Gasteiger partial charge >= 0.3 is 0 Å². The maximum absolute atomic E-state index is 6.56. The Balaban J connectivity index is 1.14. The molecular formula is C46H29N5O. The Morgan fingerprint density at radius 2 is 1.00 bits per heavy atom. The third kappa shape index (κ3) is 5.13. The monoisotopic (exact) mass is 667 g/mol. The van der Waals surface area contributed by atoms with Crippen molar-refractivity contribution in [1.29, 1.82) is 0 Å². The topological polar surface area (TPSA) is 69.6 Å². The van der Waals surface area contributed by atoms with Crippen molar-refractivity contribution in [2.75, 3.05) is 0 Å². The highest BCUT2D eigenvalue weighted by Crippen LogP contribution is 2.37. The van der Waals surface area contributed by atoms with E-state index in [1.54, 1.807) is 0 Å². The van der Waals surface area contributed by atoms with Crippen molar-refractivity contribution in [2.24, 2.45) is 0 Å². The molecule has 6 heteroatoms. The van der Waals surface area contributed by atoms with Crippen LogP contribution in [0.1, 0.15) is 0 Å². The third-order valence-corrected chi connectivity index (χ3v) is 9.49. The van der Waals surface area contributed by atoms with E-state index in [2.05, 4.69) is 95.6 Å². The van der Waals surface area contributed by atoms with Crippen LogP contribution in [-0.2, 0) is 0 Å². The van der Waals surface area contributed by atoms with Crippen molar-refractivity contribution in [1.82, 2.24) is 24.5 Å². The Morgan fingerprint density at radius 1 is 0.385 bits per heavy atom. The average molecular weight is 668 g/mol. The number of oxazole rings is 1. The lowest BCUT2D eigenvalue weighted by molar-refractivity contribution is 0.620. The van der Waals surface area contributed by atoms with E-state index in [1.165, 1.54) is 0 Å². The van der Waals surface area contributed by atoms with Crippen LogP contribution in [0.2, 0.25) is 0 Å². The van der Waals surface area contributed by atoms with Gasteiger partial charge in [-0.25, -0.2) is 19.9 Å². The van der Waals surface area contributed by atoms with E-state index < -0.39 is 0 Å². The summed E-state index contributed by atoms with van der Waals surface area (Å²) in [6.07, 6.45) is 0. The molecule has 0 unspecified atom stereocenters. The first-order chi connectivity index (χ1) is 25.8. The molecule has 0 saturated carbocycles. The van der Waals surface area contributed by atoms with E-state index in [4.69, 9.17) is 24.4 Å². The summed E-state index contributed by atoms with van der Waals surface area (Å²) in [5.74, 6) is 2.22. The van der Waals surface area contributed by atoms with Gasteiger partial charge in [0.15, 0.2) is 23.1 Å². The zero-order chi connectivity index (χ0) is 34.4. The minimum Gasteiger partial charge on any atom is -0.435 e. The van der Waals surface area contributed by atoms with Crippen molar-refractivity contribution >= 4 is 32.9 Å². The van der Waals surface area contributed by atoms with Crippen LogP contribution in [0.15, 0.2) is 180 Å². The van der Waals surface area contributed by atoms with Gasteiger partial charge in [0.2, 0.25) is 5.89 Å². The number of aromatic nitrogens is 5. The summed E-state index contributed by atoms with van der Waals surface area (Å²) in [6.45, 7) is 0. The molecule has 0 N–H and O–H groups in total. The van der Waals surface area contributed by atoms with Gasteiger partial charge in [-0.15, -0.1) is 0 Å². The Hall–Kier alpha value is -7.18. The van der Waals surface area contributed by atoms with Crippen LogP contribution in [0.3, 0.4) is 0 Å². The molecule has 6 nitrogen and oxygen atoms in total. The number of benzene rings is 7. The van der Waals surface area contributed by atoms with Gasteiger partial charge in [0.25, 0.3) is 0 Å². The first kappa shape index (κ1) is 29.7. The molecule has 0 radical (unpaired) electrons. The lowest BCUT2D eigenvalue weighted by Gasteiger charge is -2.10. The van der Waals surface area contributed by atoms with Crippen molar-refractivity contribution < 1.29 is 4.42 Å². The second-order valence-corrected chi connectivity index (χ2v) is 12.7. The Kier molecular flexibility index (Phi) is 7.03. The van der Waals surface area contributed by atoms with Crippen molar-refractivity contribution in [3.8, 4) is 62.4 Å². The summed E-state index contributed by atoms with van der Waals surface area (Å²) in [6, 6.07) is 60.0. The first-order valence-corrected chi connectivity index (χ1v) is 17.2. The second-order valence-electron chi connectivity index (χ2n) is 12.7. The molecule has 7 aromatic carbocycles. The third-order valence-electron chi connectivity index (χ3n) is 9.49. The average Bonchev–Trinajstić information content (AvgIpc) is 3.81. The number of rotatable bonds is 6. The van der Waals surface area contributed by atoms with Crippen molar-refractivity contribution in [3.05, 3.63) is 176 Å². The Bertz CT molecular complexity index is 2900. The zero-order valence-electron chi connectivity index (χ0n) is 27.9. The fourth-order valence-corrected chi connectivity index (χ4v) is 7.02. The van der Waals surface area contributed by atoms with Gasteiger partial charge < -0.3 is 8.98 Å². The molecule has 0 aliphatic heterocycles. The van der Waals surface area contributed by atoms with Gasteiger partial charge in [-0.3, -0.25) is 0 Å². The molecule has 3 aromatic heterocycles. The van der Waals surface area contributed by atoms with Crippen LogP contribution in [-0.4, -0.2) is 24.5 Å². The predicted molar refractivity (Wildman–Crippen MR) is 209 cm³/mol. The van der Waals surface area contributed by atoms with Gasteiger partial charge in [0.1, 0.15) is 5.52 Å². The minimum atomic E-state index is 0.516. The van der Waals surface area contributed by atoms with Gasteiger partial charge in [-0.1, -0.05) is 115 Å². The molecule has 0 saturated heterocycles. The van der Waals surface area contributed by atoms with E-state index >= 15 is 0 Å². The quantitative estimate of drug-likeness (QED) is 0.176. The molecular weight excluding hydrogens is 639 g/mol. The van der Waals surface area contributed by atoms with Crippen LogP contribution in [0.4, 0.5) is 0 Å². The largest absolute Gasteiger partial charge is 0.435 e. The van der Waals surface area contributed by atoms with E-state index in [9.17, 15) is 0 Å². The second kappa shape index (κ2) is 12.3. The summed E-state index contributed by atoms with van der Waals surface area (Å²) in [5.41, 5.74) is 10.4. The molecule has 52 heavy (non-hydrogen) atoms. The van der Waals surface area contributed by atoms with Crippen molar-refractivity contribution in [2.45, 2.75) is 0 Å². The number of nitrogens with zero attached hydrogens (tertiary/aromatic N) is 5. The maximum atomic E-state index is 6.56. The smallest absolute Gasteiger partial charge is 0.227 e. The standard InChI is InChI=1S/C46H29N5O/c1-4-14-30(15-5-1)32-18-12-19-34(28-32)46-47-39-24-13-23-37(42(39)52-46)45-49-43(31-16-6-2-7-17-31)48-44(50-45)33-26-27-41-38(29-33)36-22-10-11-25-40(36)51(41)35-20-8-3-9-21-35/h1-29H. The molecule has 0 aliphatic carbocycles. The summed E-state index contributed by atoms with van der Waals surface area (Å²) in [7, 11) is 0. The number of fused-ring (bicyclic) bond motifs is 4. The summed E-state index contributed by atoms with van der Waals surface area (Å²) in [5, 5.41) is 2.29. The van der Waals surface area contributed by atoms with Gasteiger partial charge in [0, 0.05) is 33.2 Å². The number of para-hydroxylation sites is 3. The zero-order valence-corrected chi connectivity index (χ0v) is 27.9. The Morgan fingerprint density at radius 3 is 1.81 bits per heavy atom. The highest BCUT2D eigenvalue weighted by Gasteiger charge is 2.20. The molecule has 0 bridgehead atoms. The number of hydrogen-bond acceptors (Lipinski definition) is 5. The minimum absolute atomic E-state index is 0.516.